The summed E-state index contributed by atoms with van der Waals surface area (Å²) in [6, 6.07) is 6.76. The first-order chi connectivity index (χ1) is 6.91. The van der Waals surface area contributed by atoms with Crippen LogP contribution in [0.15, 0.2) is 24.3 Å². The Hall–Kier alpha value is -0.740. The van der Waals surface area contributed by atoms with Crippen molar-refractivity contribution in [2.45, 2.75) is 19.4 Å². The average Bonchev–Trinajstić information content (AvgIpc) is 2.41. The van der Waals surface area contributed by atoms with Crippen molar-refractivity contribution in [2.24, 2.45) is 0 Å². The van der Waals surface area contributed by atoms with Crippen molar-refractivity contribution in [3.63, 3.8) is 0 Å². The molecule has 0 N–H and O–H groups in total. The van der Waals surface area contributed by atoms with Gasteiger partial charge in [0.1, 0.15) is 0 Å². The van der Waals surface area contributed by atoms with Crippen LogP contribution in [0.1, 0.15) is 10.4 Å². The lowest BCUT2D eigenvalue weighted by molar-refractivity contribution is -0.0867. The Morgan fingerprint density at radius 1 is 1.12 bits per heavy atom. The zero-order valence-electron chi connectivity index (χ0n) is 8.76. The molecular formula is C11H11ClF3S+. The molecule has 1 heterocycles. The minimum absolute atomic E-state index is 0. The number of rotatable bonds is 0. The number of benzene rings is 1. The van der Waals surface area contributed by atoms with E-state index in [1.807, 2.05) is 13.0 Å². The highest BCUT2D eigenvalue weighted by molar-refractivity contribution is 7.38. The zero-order valence-corrected chi connectivity index (χ0v) is 10.4. The summed E-state index contributed by atoms with van der Waals surface area (Å²) in [5.74, 6) is 0. The van der Waals surface area contributed by atoms with Crippen molar-refractivity contribution < 1.29 is 13.2 Å². The quantitative estimate of drug-likeness (QED) is 0.582. The summed E-state index contributed by atoms with van der Waals surface area (Å²) in [5.41, 5.74) is -3.24. The summed E-state index contributed by atoms with van der Waals surface area (Å²) < 4.78 is 38.8. The van der Waals surface area contributed by atoms with Crippen molar-refractivity contribution in [2.75, 3.05) is 0 Å². The van der Waals surface area contributed by atoms with E-state index in [2.05, 4.69) is 0 Å². The summed E-state index contributed by atoms with van der Waals surface area (Å²) in [6.07, 6.45) is 0. The molecule has 2 rings (SSSR count). The minimum Gasteiger partial charge on any atom is -0.147 e. The van der Waals surface area contributed by atoms with Crippen LogP contribution < -0.4 is 0 Å². The van der Waals surface area contributed by atoms with Crippen molar-refractivity contribution in [3.8, 4) is 0 Å². The first kappa shape index (κ1) is 13.3. The van der Waals surface area contributed by atoms with Crippen LogP contribution in [0.5, 0.6) is 0 Å². The number of alkyl halides is 3. The third-order valence-electron chi connectivity index (χ3n) is 2.41. The Morgan fingerprint density at radius 3 is 2.31 bits per heavy atom. The van der Waals surface area contributed by atoms with Crippen molar-refractivity contribution >= 4 is 33.0 Å². The predicted molar refractivity (Wildman–Crippen MR) is 64.4 cm³/mol. The highest BCUT2D eigenvalue weighted by Crippen LogP contribution is 2.50. The first-order valence-electron chi connectivity index (χ1n) is 4.50. The molecule has 0 radical (unpaired) electrons. The zero-order chi connectivity index (χ0) is 11.2. The molecule has 0 spiro atoms. The molecular weight excluding hydrogens is 257 g/mol. The van der Waals surface area contributed by atoms with E-state index < -0.39 is 16.0 Å². The highest BCUT2D eigenvalue weighted by atomic mass is 35.5. The minimum atomic E-state index is -4.15. The number of aryl methyl sites for hydroxylation is 2. The van der Waals surface area contributed by atoms with Gasteiger partial charge in [-0.2, -0.15) is 0 Å². The van der Waals surface area contributed by atoms with Crippen LogP contribution in [0.25, 0.3) is 10.1 Å². The Morgan fingerprint density at radius 2 is 1.75 bits per heavy atom. The maximum absolute atomic E-state index is 12.8. The number of halogens is 4. The Bertz CT molecular complexity index is 514. The van der Waals surface area contributed by atoms with E-state index in [9.17, 15) is 13.2 Å². The molecule has 1 aromatic heterocycles. The maximum atomic E-state index is 12.8. The molecule has 0 aliphatic heterocycles. The monoisotopic (exact) mass is 267 g/mol. The molecule has 0 aliphatic rings. The summed E-state index contributed by atoms with van der Waals surface area (Å²) in [5, 5.41) is 0.746. The fourth-order valence-corrected chi connectivity index (χ4v) is 3.61. The molecule has 0 nitrogen and oxygen atoms in total. The van der Waals surface area contributed by atoms with Crippen molar-refractivity contribution in [1.82, 2.24) is 0 Å². The van der Waals surface area contributed by atoms with E-state index in [1.54, 1.807) is 25.1 Å². The first-order valence-corrected chi connectivity index (χ1v) is 5.73. The summed E-state index contributed by atoms with van der Waals surface area (Å²) >= 11 is 0. The van der Waals surface area contributed by atoms with Gasteiger partial charge in [-0.25, -0.2) is 0 Å². The molecule has 0 bridgehead atoms. The Labute approximate surface area is 100 Å². The van der Waals surface area contributed by atoms with Gasteiger partial charge in [-0.05, 0) is 18.6 Å². The number of hydrogen-bond acceptors (Lipinski definition) is 0. The van der Waals surface area contributed by atoms with Gasteiger partial charge in [-0.15, -0.1) is 25.6 Å². The van der Waals surface area contributed by atoms with E-state index in [-0.39, 0.29) is 12.4 Å². The SMILES string of the molecule is Cc1cccc2c1cc(C)[s+]2C(F)(F)F.Cl. The largest absolute Gasteiger partial charge is 0.600 e. The van der Waals surface area contributed by atoms with Crippen LogP contribution in [0.4, 0.5) is 13.2 Å². The fourth-order valence-electron chi connectivity index (χ4n) is 1.76. The number of hydrogen-bond donors (Lipinski definition) is 0. The van der Waals surface area contributed by atoms with E-state index in [0.29, 0.717) is 9.58 Å². The van der Waals surface area contributed by atoms with Crippen LogP contribution in [0, 0.1) is 13.8 Å². The number of fused-ring (bicyclic) bond motifs is 1. The van der Waals surface area contributed by atoms with Gasteiger partial charge in [0.2, 0.25) is 0 Å². The lowest BCUT2D eigenvalue weighted by atomic mass is 10.1. The van der Waals surface area contributed by atoms with E-state index in [4.69, 9.17) is 0 Å². The van der Waals surface area contributed by atoms with Gasteiger partial charge in [-0.3, -0.25) is 0 Å². The van der Waals surface area contributed by atoms with Crippen LogP contribution in [-0.2, 0) is 5.51 Å². The second-order valence-electron chi connectivity index (χ2n) is 3.49. The van der Waals surface area contributed by atoms with Gasteiger partial charge in [-0.1, -0.05) is 12.1 Å². The standard InChI is InChI=1S/C11H10F3S.ClH/c1-7-4-3-5-10-9(7)6-8(2)15(10)11(12,13)14;/h3-6H,1-2H3;1H/q+1;. The molecule has 1 aromatic carbocycles. The normalized spacial score (nSPS) is 12.7. The second-order valence-corrected chi connectivity index (χ2v) is 5.65. The van der Waals surface area contributed by atoms with E-state index in [1.165, 1.54) is 0 Å². The van der Waals surface area contributed by atoms with E-state index in [0.717, 1.165) is 10.9 Å². The van der Waals surface area contributed by atoms with Crippen LogP contribution >= 0.6 is 22.9 Å². The van der Waals surface area contributed by atoms with Gasteiger partial charge < -0.3 is 0 Å². The summed E-state index contributed by atoms with van der Waals surface area (Å²) in [7, 11) is -1.71. The maximum Gasteiger partial charge on any atom is 0.600 e. The van der Waals surface area contributed by atoms with E-state index >= 15 is 0 Å². The highest BCUT2D eigenvalue weighted by Gasteiger charge is 2.46. The molecule has 0 saturated heterocycles. The lowest BCUT2D eigenvalue weighted by Gasteiger charge is -1.97. The van der Waals surface area contributed by atoms with Gasteiger partial charge in [0.05, 0.1) is 10.5 Å². The van der Waals surface area contributed by atoms with Crippen molar-refractivity contribution in [3.05, 3.63) is 34.7 Å². The molecule has 1 atom stereocenters. The molecule has 88 valence electrons. The van der Waals surface area contributed by atoms with Gasteiger partial charge in [0, 0.05) is 18.4 Å². The topological polar surface area (TPSA) is 0 Å². The molecule has 1 unspecified atom stereocenters. The third-order valence-corrected chi connectivity index (χ3v) is 4.43. The Kier molecular flexibility index (Phi) is 3.55. The van der Waals surface area contributed by atoms with Crippen LogP contribution in [-0.4, -0.2) is 0 Å². The molecule has 2 aromatic rings. The van der Waals surface area contributed by atoms with Crippen LogP contribution in [0.3, 0.4) is 0 Å². The molecule has 16 heavy (non-hydrogen) atoms. The van der Waals surface area contributed by atoms with Crippen LogP contribution in [0.2, 0.25) is 0 Å². The fraction of sp³-hybridized carbons (Fsp3) is 0.273. The third kappa shape index (κ3) is 2.04. The lowest BCUT2D eigenvalue weighted by Crippen LogP contribution is -1.96. The predicted octanol–water partition coefficient (Wildman–Crippen LogP) is 5.10. The van der Waals surface area contributed by atoms with Gasteiger partial charge >= 0.3 is 5.51 Å². The molecule has 0 aliphatic carbocycles. The molecule has 0 saturated carbocycles. The molecule has 0 amide bonds. The Balaban J connectivity index is 0.00000128. The molecule has 5 heteroatoms. The molecule has 0 fully saturated rings. The van der Waals surface area contributed by atoms with Crippen molar-refractivity contribution in [1.29, 1.82) is 0 Å². The second kappa shape index (κ2) is 4.26. The van der Waals surface area contributed by atoms with Gasteiger partial charge in [0.15, 0.2) is 9.58 Å². The average molecular weight is 268 g/mol. The smallest absolute Gasteiger partial charge is 0.147 e. The summed E-state index contributed by atoms with van der Waals surface area (Å²) in [4.78, 5) is 0.409. The number of thiophene rings is 1. The summed E-state index contributed by atoms with van der Waals surface area (Å²) in [6.45, 7) is 3.39. The van der Waals surface area contributed by atoms with Gasteiger partial charge in [0.25, 0.3) is 0 Å².